The first-order chi connectivity index (χ1) is 10.4. The van der Waals surface area contributed by atoms with E-state index in [1.165, 1.54) is 6.42 Å². The molecular formula is C17H22N2O2. The number of benzene rings is 1. The monoisotopic (exact) mass is 286 g/mol. The van der Waals surface area contributed by atoms with Crippen LogP contribution < -0.4 is 4.90 Å². The molecule has 0 amide bonds. The Morgan fingerprint density at radius 2 is 2.05 bits per heavy atom. The van der Waals surface area contributed by atoms with Crippen molar-refractivity contribution in [1.29, 1.82) is 5.26 Å². The van der Waals surface area contributed by atoms with Gasteiger partial charge in [-0.3, -0.25) is 0 Å². The van der Waals surface area contributed by atoms with E-state index in [1.54, 1.807) is 0 Å². The number of anilines is 1. The average Bonchev–Trinajstić information content (AvgIpc) is 2.56. The molecule has 0 saturated carbocycles. The van der Waals surface area contributed by atoms with Gasteiger partial charge >= 0.3 is 0 Å². The number of hydrogen-bond acceptors (Lipinski definition) is 4. The molecule has 2 heterocycles. The first-order valence-electron chi connectivity index (χ1n) is 7.85. The maximum atomic E-state index is 9.47. The molecule has 2 saturated heterocycles. The molecule has 0 N–H and O–H groups in total. The number of nitriles is 1. The molecule has 0 bridgehead atoms. The maximum Gasteiger partial charge on any atom is 0.157 e. The van der Waals surface area contributed by atoms with Gasteiger partial charge in [-0.25, -0.2) is 0 Å². The smallest absolute Gasteiger partial charge is 0.157 e. The lowest BCUT2D eigenvalue weighted by molar-refractivity contribution is -0.192. The summed E-state index contributed by atoms with van der Waals surface area (Å²) >= 11 is 0. The van der Waals surface area contributed by atoms with Crippen LogP contribution in [0.1, 0.15) is 32.1 Å². The molecule has 112 valence electrons. The highest BCUT2D eigenvalue weighted by Gasteiger charge is 2.31. The van der Waals surface area contributed by atoms with Gasteiger partial charge in [0.15, 0.2) is 6.29 Å². The molecule has 0 aliphatic carbocycles. The highest BCUT2D eigenvalue weighted by molar-refractivity contribution is 5.49. The highest BCUT2D eigenvalue weighted by Crippen LogP contribution is 2.27. The van der Waals surface area contributed by atoms with Crippen LogP contribution in [-0.2, 0) is 9.47 Å². The molecular weight excluding hydrogens is 264 g/mol. The van der Waals surface area contributed by atoms with E-state index in [0.717, 1.165) is 44.5 Å². The van der Waals surface area contributed by atoms with Crippen LogP contribution in [0.4, 0.5) is 5.69 Å². The molecule has 4 heteroatoms. The van der Waals surface area contributed by atoms with Gasteiger partial charge in [0.2, 0.25) is 0 Å². The summed E-state index contributed by atoms with van der Waals surface area (Å²) in [6.07, 6.45) is 5.07. The van der Waals surface area contributed by atoms with E-state index in [-0.39, 0.29) is 18.4 Å². The second kappa shape index (κ2) is 6.93. The average molecular weight is 286 g/mol. The SMILES string of the molecule is N#CC1C[C@H](OC2CCCCO2)CCN1c1ccccc1. The fraction of sp³-hybridized carbons (Fsp3) is 0.588. The lowest BCUT2D eigenvalue weighted by atomic mass is 9.99. The first-order valence-corrected chi connectivity index (χ1v) is 7.85. The molecule has 2 aliphatic heterocycles. The first kappa shape index (κ1) is 14.4. The van der Waals surface area contributed by atoms with Crippen molar-refractivity contribution in [3.8, 4) is 6.07 Å². The van der Waals surface area contributed by atoms with Crippen LogP contribution in [0.3, 0.4) is 0 Å². The van der Waals surface area contributed by atoms with Crippen molar-refractivity contribution in [2.24, 2.45) is 0 Å². The van der Waals surface area contributed by atoms with Gasteiger partial charge in [-0.15, -0.1) is 0 Å². The Balaban J connectivity index is 1.60. The predicted molar refractivity (Wildman–Crippen MR) is 80.9 cm³/mol. The highest BCUT2D eigenvalue weighted by atomic mass is 16.7. The molecule has 3 rings (SSSR count). The van der Waals surface area contributed by atoms with Crippen molar-refractivity contribution in [2.45, 2.75) is 50.5 Å². The topological polar surface area (TPSA) is 45.5 Å². The zero-order valence-corrected chi connectivity index (χ0v) is 12.3. The number of nitrogens with zero attached hydrogens (tertiary/aromatic N) is 2. The minimum atomic E-state index is -0.116. The van der Waals surface area contributed by atoms with Gasteiger partial charge in [-0.05, 0) is 37.8 Å². The summed E-state index contributed by atoms with van der Waals surface area (Å²) in [6.45, 7) is 1.66. The fourth-order valence-corrected chi connectivity index (χ4v) is 3.14. The van der Waals surface area contributed by atoms with E-state index >= 15 is 0 Å². The van der Waals surface area contributed by atoms with Crippen molar-refractivity contribution in [3.05, 3.63) is 30.3 Å². The van der Waals surface area contributed by atoms with E-state index in [4.69, 9.17) is 9.47 Å². The van der Waals surface area contributed by atoms with E-state index in [0.29, 0.717) is 0 Å². The predicted octanol–water partition coefficient (Wildman–Crippen LogP) is 3.09. The summed E-state index contributed by atoms with van der Waals surface area (Å²) in [4.78, 5) is 2.18. The van der Waals surface area contributed by atoms with Crippen LogP contribution in [0, 0.1) is 11.3 Å². The summed E-state index contributed by atoms with van der Waals surface area (Å²) < 4.78 is 11.7. The van der Waals surface area contributed by atoms with Crippen molar-refractivity contribution in [2.75, 3.05) is 18.1 Å². The maximum absolute atomic E-state index is 9.47. The van der Waals surface area contributed by atoms with E-state index in [1.807, 2.05) is 18.2 Å². The van der Waals surface area contributed by atoms with Crippen LogP contribution in [0.5, 0.6) is 0 Å². The van der Waals surface area contributed by atoms with Crippen LogP contribution >= 0.6 is 0 Å². The molecule has 2 unspecified atom stereocenters. The summed E-state index contributed by atoms with van der Waals surface area (Å²) in [5, 5.41) is 9.47. The molecule has 0 spiro atoms. The Morgan fingerprint density at radius 1 is 1.19 bits per heavy atom. The summed E-state index contributed by atoms with van der Waals surface area (Å²) in [5.41, 5.74) is 1.12. The Kier molecular flexibility index (Phi) is 4.74. The van der Waals surface area contributed by atoms with Gasteiger partial charge in [0.1, 0.15) is 6.04 Å². The normalized spacial score (nSPS) is 29.9. The second-order valence-electron chi connectivity index (χ2n) is 5.75. The van der Waals surface area contributed by atoms with Gasteiger partial charge in [0.25, 0.3) is 0 Å². The lowest BCUT2D eigenvalue weighted by Crippen LogP contribution is -2.45. The van der Waals surface area contributed by atoms with Gasteiger partial charge in [-0.1, -0.05) is 18.2 Å². The number of ether oxygens (including phenoxy) is 2. The second-order valence-corrected chi connectivity index (χ2v) is 5.75. The number of rotatable bonds is 3. The quantitative estimate of drug-likeness (QED) is 0.856. The van der Waals surface area contributed by atoms with Crippen LogP contribution in [-0.4, -0.2) is 31.6 Å². The molecule has 2 aliphatic rings. The minimum Gasteiger partial charge on any atom is -0.356 e. The Hall–Kier alpha value is -1.57. The molecule has 1 aromatic rings. The Morgan fingerprint density at radius 3 is 2.76 bits per heavy atom. The molecule has 3 atom stereocenters. The Labute approximate surface area is 126 Å². The van der Waals surface area contributed by atoms with Gasteiger partial charge < -0.3 is 14.4 Å². The number of piperidine rings is 1. The van der Waals surface area contributed by atoms with Crippen molar-refractivity contribution in [3.63, 3.8) is 0 Å². The van der Waals surface area contributed by atoms with Gasteiger partial charge in [0.05, 0.1) is 12.2 Å². The summed E-state index contributed by atoms with van der Waals surface area (Å²) in [6, 6.07) is 12.5. The third kappa shape index (κ3) is 3.55. The molecule has 21 heavy (non-hydrogen) atoms. The fourth-order valence-electron chi connectivity index (χ4n) is 3.14. The largest absolute Gasteiger partial charge is 0.356 e. The van der Waals surface area contributed by atoms with Gasteiger partial charge in [0, 0.05) is 25.3 Å². The molecule has 0 radical (unpaired) electrons. The number of hydrogen-bond donors (Lipinski definition) is 0. The Bertz CT molecular complexity index is 479. The van der Waals surface area contributed by atoms with Crippen LogP contribution in [0.2, 0.25) is 0 Å². The van der Waals surface area contributed by atoms with Crippen molar-refractivity contribution < 1.29 is 9.47 Å². The van der Waals surface area contributed by atoms with Crippen LogP contribution in [0.15, 0.2) is 30.3 Å². The number of para-hydroxylation sites is 1. The van der Waals surface area contributed by atoms with E-state index in [2.05, 4.69) is 23.1 Å². The zero-order valence-electron chi connectivity index (χ0n) is 12.3. The van der Waals surface area contributed by atoms with E-state index in [9.17, 15) is 5.26 Å². The molecule has 4 nitrogen and oxygen atoms in total. The van der Waals surface area contributed by atoms with Crippen LogP contribution in [0.25, 0.3) is 0 Å². The molecule has 0 aromatic heterocycles. The van der Waals surface area contributed by atoms with Crippen molar-refractivity contribution >= 4 is 5.69 Å². The molecule has 1 aromatic carbocycles. The summed E-state index contributed by atoms with van der Waals surface area (Å²) in [7, 11) is 0. The summed E-state index contributed by atoms with van der Waals surface area (Å²) in [5.74, 6) is 0. The lowest BCUT2D eigenvalue weighted by Gasteiger charge is -2.39. The zero-order chi connectivity index (χ0) is 14.5. The third-order valence-corrected chi connectivity index (χ3v) is 4.27. The standard InChI is InChI=1S/C17H22N2O2/c18-13-15-12-16(21-17-8-4-5-11-20-17)9-10-19(15)14-6-2-1-3-7-14/h1-3,6-7,15-17H,4-5,8-12H2/t15?,16-,17?/m1/s1. The van der Waals surface area contributed by atoms with Gasteiger partial charge in [-0.2, -0.15) is 5.26 Å². The minimum absolute atomic E-state index is 0.0635. The van der Waals surface area contributed by atoms with Crippen molar-refractivity contribution in [1.82, 2.24) is 0 Å². The van der Waals surface area contributed by atoms with E-state index < -0.39 is 0 Å². The molecule has 2 fully saturated rings. The third-order valence-electron chi connectivity index (χ3n) is 4.27.